The molecule has 0 saturated carbocycles. The van der Waals surface area contributed by atoms with E-state index >= 15 is 0 Å². The molecule has 0 aliphatic carbocycles. The van der Waals surface area contributed by atoms with Crippen LogP contribution in [0, 0.1) is 6.92 Å². The van der Waals surface area contributed by atoms with Crippen LogP contribution in [0.4, 0.5) is 5.69 Å². The van der Waals surface area contributed by atoms with E-state index in [2.05, 4.69) is 17.2 Å². The monoisotopic (exact) mass is 249 g/mol. The van der Waals surface area contributed by atoms with Crippen molar-refractivity contribution in [2.75, 3.05) is 5.73 Å². The van der Waals surface area contributed by atoms with Crippen molar-refractivity contribution in [3.63, 3.8) is 0 Å². The number of benzene rings is 2. The number of rotatable bonds is 2. The summed E-state index contributed by atoms with van der Waals surface area (Å²) in [5.41, 5.74) is 11.1. The summed E-state index contributed by atoms with van der Waals surface area (Å²) in [7, 11) is 0. The molecule has 0 bridgehead atoms. The summed E-state index contributed by atoms with van der Waals surface area (Å²) in [5, 5.41) is 4.42. The lowest BCUT2D eigenvalue weighted by Crippen LogP contribution is -2.02. The molecule has 1 aromatic heterocycles. The number of aryl methyl sites for hydroxylation is 1. The molecule has 3 nitrogen and oxygen atoms in total. The van der Waals surface area contributed by atoms with E-state index in [9.17, 15) is 0 Å². The smallest absolute Gasteiger partial charge is 0.0904 e. The molecule has 3 rings (SSSR count). The molecule has 2 aromatic carbocycles. The largest absolute Gasteiger partial charge is 0.397 e. The highest BCUT2D eigenvalue weighted by atomic mass is 15.3. The van der Waals surface area contributed by atoms with Crippen LogP contribution in [0.1, 0.15) is 5.56 Å². The Bertz CT molecular complexity index is 679. The highest BCUT2D eigenvalue weighted by molar-refractivity contribution is 5.65. The van der Waals surface area contributed by atoms with E-state index in [1.165, 1.54) is 0 Å². The van der Waals surface area contributed by atoms with Crippen LogP contribution >= 0.6 is 0 Å². The van der Waals surface area contributed by atoms with Crippen LogP contribution in [0.3, 0.4) is 0 Å². The lowest BCUT2D eigenvalue weighted by atomic mass is 10.1. The SMILES string of the molecule is Cc1cccc(N)c1-n1cc(-c2ccccc2)cn1. The minimum Gasteiger partial charge on any atom is -0.397 e. The first-order chi connectivity index (χ1) is 9.25. The molecule has 0 spiro atoms. The molecule has 0 atom stereocenters. The van der Waals surface area contributed by atoms with Gasteiger partial charge in [0.25, 0.3) is 0 Å². The molecule has 94 valence electrons. The molecule has 0 radical (unpaired) electrons. The molecule has 3 heteroatoms. The lowest BCUT2D eigenvalue weighted by Gasteiger charge is -2.08. The molecule has 0 aliphatic heterocycles. The fourth-order valence-corrected chi connectivity index (χ4v) is 2.22. The standard InChI is InChI=1S/C16H15N3/c1-12-6-5-9-15(17)16(12)19-11-14(10-18-19)13-7-3-2-4-8-13/h2-11H,17H2,1H3. The fourth-order valence-electron chi connectivity index (χ4n) is 2.22. The maximum atomic E-state index is 6.04. The van der Waals surface area contributed by atoms with E-state index < -0.39 is 0 Å². The topological polar surface area (TPSA) is 43.8 Å². The summed E-state index contributed by atoms with van der Waals surface area (Å²) < 4.78 is 1.84. The third kappa shape index (κ3) is 2.10. The van der Waals surface area contributed by atoms with Crippen molar-refractivity contribution in [1.82, 2.24) is 9.78 Å². The second-order valence-corrected chi connectivity index (χ2v) is 4.55. The Morgan fingerprint density at radius 1 is 0.947 bits per heavy atom. The van der Waals surface area contributed by atoms with E-state index in [1.54, 1.807) is 0 Å². The number of nitrogen functional groups attached to an aromatic ring is 1. The van der Waals surface area contributed by atoms with Crippen molar-refractivity contribution in [2.24, 2.45) is 0 Å². The molecule has 2 N–H and O–H groups in total. The fraction of sp³-hybridized carbons (Fsp3) is 0.0625. The zero-order valence-electron chi connectivity index (χ0n) is 10.7. The van der Waals surface area contributed by atoms with Gasteiger partial charge in [0.2, 0.25) is 0 Å². The molecule has 0 aliphatic rings. The predicted octanol–water partition coefficient (Wildman–Crippen LogP) is 3.43. The quantitative estimate of drug-likeness (QED) is 0.707. The van der Waals surface area contributed by atoms with Crippen LogP contribution in [-0.2, 0) is 0 Å². The van der Waals surface area contributed by atoms with Crippen molar-refractivity contribution in [3.8, 4) is 16.8 Å². The van der Waals surface area contributed by atoms with Crippen LogP contribution in [0.5, 0.6) is 0 Å². The number of hydrogen-bond donors (Lipinski definition) is 1. The van der Waals surface area contributed by atoms with Crippen LogP contribution < -0.4 is 5.73 Å². The molecule has 0 amide bonds. The zero-order chi connectivity index (χ0) is 13.2. The van der Waals surface area contributed by atoms with Crippen molar-refractivity contribution in [3.05, 3.63) is 66.5 Å². The normalized spacial score (nSPS) is 10.6. The third-order valence-electron chi connectivity index (χ3n) is 3.19. The number of nitrogens with two attached hydrogens (primary N) is 1. The van der Waals surface area contributed by atoms with Crippen LogP contribution in [0.25, 0.3) is 16.8 Å². The van der Waals surface area contributed by atoms with E-state index in [0.717, 1.165) is 28.1 Å². The first-order valence-corrected chi connectivity index (χ1v) is 6.21. The maximum Gasteiger partial charge on any atom is 0.0904 e. The minimum atomic E-state index is 0.739. The van der Waals surface area contributed by atoms with Gasteiger partial charge in [0.05, 0.1) is 17.6 Å². The van der Waals surface area contributed by atoms with Crippen LogP contribution in [-0.4, -0.2) is 9.78 Å². The van der Waals surface area contributed by atoms with Gasteiger partial charge in [-0.05, 0) is 24.1 Å². The average Bonchev–Trinajstić information content (AvgIpc) is 2.89. The number of para-hydroxylation sites is 1. The maximum absolute atomic E-state index is 6.04. The molecule has 0 fully saturated rings. The van der Waals surface area contributed by atoms with Gasteiger partial charge < -0.3 is 5.73 Å². The molecule has 3 aromatic rings. The highest BCUT2D eigenvalue weighted by Crippen LogP contribution is 2.24. The Hall–Kier alpha value is -2.55. The van der Waals surface area contributed by atoms with Crippen molar-refractivity contribution in [1.29, 1.82) is 0 Å². The minimum absolute atomic E-state index is 0.739. The highest BCUT2D eigenvalue weighted by Gasteiger charge is 2.08. The van der Waals surface area contributed by atoms with Gasteiger partial charge in [-0.15, -0.1) is 0 Å². The molecular weight excluding hydrogens is 234 g/mol. The Balaban J connectivity index is 2.07. The van der Waals surface area contributed by atoms with E-state index in [4.69, 9.17) is 5.73 Å². The Morgan fingerprint density at radius 3 is 2.47 bits per heavy atom. The Kier molecular flexibility index (Phi) is 2.80. The number of nitrogens with zero attached hydrogens (tertiary/aromatic N) is 2. The van der Waals surface area contributed by atoms with Gasteiger partial charge in [-0.25, -0.2) is 4.68 Å². The van der Waals surface area contributed by atoms with Gasteiger partial charge in [-0.2, -0.15) is 5.10 Å². The molecule has 0 saturated heterocycles. The van der Waals surface area contributed by atoms with Gasteiger partial charge in [-0.3, -0.25) is 0 Å². The average molecular weight is 249 g/mol. The summed E-state index contributed by atoms with van der Waals surface area (Å²) in [5.74, 6) is 0. The Morgan fingerprint density at radius 2 is 1.74 bits per heavy atom. The molecule has 19 heavy (non-hydrogen) atoms. The first-order valence-electron chi connectivity index (χ1n) is 6.21. The number of anilines is 1. The van der Waals surface area contributed by atoms with Crippen molar-refractivity contribution >= 4 is 5.69 Å². The number of aromatic nitrogens is 2. The van der Waals surface area contributed by atoms with Crippen molar-refractivity contribution < 1.29 is 0 Å². The lowest BCUT2D eigenvalue weighted by molar-refractivity contribution is 0.875. The summed E-state index contributed by atoms with van der Waals surface area (Å²) >= 11 is 0. The second kappa shape index (κ2) is 4.61. The summed E-state index contributed by atoms with van der Waals surface area (Å²) in [6.45, 7) is 2.04. The Labute approximate surface area is 112 Å². The second-order valence-electron chi connectivity index (χ2n) is 4.55. The van der Waals surface area contributed by atoms with Crippen molar-refractivity contribution in [2.45, 2.75) is 6.92 Å². The first kappa shape index (κ1) is 11.5. The summed E-state index contributed by atoms with van der Waals surface area (Å²) in [6.07, 6.45) is 3.87. The van der Waals surface area contributed by atoms with E-state index in [-0.39, 0.29) is 0 Å². The van der Waals surface area contributed by atoms with E-state index in [1.807, 2.05) is 60.4 Å². The van der Waals surface area contributed by atoms with Gasteiger partial charge in [0.1, 0.15) is 0 Å². The van der Waals surface area contributed by atoms with Crippen LogP contribution in [0.15, 0.2) is 60.9 Å². The zero-order valence-corrected chi connectivity index (χ0v) is 10.7. The van der Waals surface area contributed by atoms with Gasteiger partial charge >= 0.3 is 0 Å². The summed E-state index contributed by atoms with van der Waals surface area (Å²) in [4.78, 5) is 0. The molecule has 1 heterocycles. The van der Waals surface area contributed by atoms with Gasteiger partial charge in [0, 0.05) is 11.8 Å². The van der Waals surface area contributed by atoms with E-state index in [0.29, 0.717) is 0 Å². The van der Waals surface area contributed by atoms with Crippen LogP contribution in [0.2, 0.25) is 0 Å². The molecular formula is C16H15N3. The summed E-state index contributed by atoms with van der Waals surface area (Å²) in [6, 6.07) is 16.1. The predicted molar refractivity (Wildman–Crippen MR) is 78.1 cm³/mol. The van der Waals surface area contributed by atoms with Gasteiger partial charge in [0.15, 0.2) is 0 Å². The number of hydrogen-bond acceptors (Lipinski definition) is 2. The third-order valence-corrected chi connectivity index (χ3v) is 3.19. The van der Waals surface area contributed by atoms with Gasteiger partial charge in [-0.1, -0.05) is 42.5 Å². The molecule has 0 unspecified atom stereocenters.